The highest BCUT2D eigenvalue weighted by molar-refractivity contribution is 5.98. The number of halogens is 2. The molecule has 1 heterocycles. The van der Waals surface area contributed by atoms with Gasteiger partial charge in [0, 0.05) is 19.5 Å². The molecule has 0 spiro atoms. The van der Waals surface area contributed by atoms with Crippen LogP contribution in [0.15, 0.2) is 12.1 Å². The predicted molar refractivity (Wildman–Crippen MR) is 69.5 cm³/mol. The van der Waals surface area contributed by atoms with E-state index < -0.39 is 34.5 Å². The lowest BCUT2D eigenvalue weighted by atomic mass is 10.0. The Bertz CT molecular complexity index is 533. The molecule has 1 unspecified atom stereocenters. The molecule has 0 aliphatic carbocycles. The van der Waals surface area contributed by atoms with Crippen molar-refractivity contribution in [1.29, 1.82) is 0 Å². The maximum Gasteiger partial charge on any atom is 0.335 e. The van der Waals surface area contributed by atoms with Gasteiger partial charge in [-0.3, -0.25) is 4.79 Å². The minimum atomic E-state index is -1.45. The summed E-state index contributed by atoms with van der Waals surface area (Å²) in [7, 11) is 0. The van der Waals surface area contributed by atoms with Gasteiger partial charge in [0.05, 0.1) is 23.8 Å². The molecule has 114 valence electrons. The summed E-state index contributed by atoms with van der Waals surface area (Å²) in [4.78, 5) is 22.6. The van der Waals surface area contributed by atoms with E-state index in [0.717, 1.165) is 6.54 Å². The zero-order chi connectivity index (χ0) is 15.4. The lowest BCUT2D eigenvalue weighted by Crippen LogP contribution is -2.38. The lowest BCUT2D eigenvalue weighted by Gasteiger charge is -2.23. The standard InChI is InChI=1S/C14H15F2NO4/c15-10-5-8(14(19)20)6-11(16)13(10)12(18)2-1-9-7-17-3-4-21-9/h5-6,9,17H,1-4,7H2,(H,19,20). The van der Waals surface area contributed by atoms with Crippen molar-refractivity contribution < 1.29 is 28.2 Å². The average Bonchev–Trinajstić information content (AvgIpc) is 2.45. The molecular formula is C14H15F2NO4. The molecule has 1 aliphatic rings. The Morgan fingerprint density at radius 2 is 2.00 bits per heavy atom. The van der Waals surface area contributed by atoms with E-state index in [-0.39, 0.29) is 12.5 Å². The van der Waals surface area contributed by atoms with E-state index in [1.54, 1.807) is 0 Å². The number of ether oxygens (including phenoxy) is 1. The number of hydrogen-bond acceptors (Lipinski definition) is 4. The van der Waals surface area contributed by atoms with Gasteiger partial charge in [-0.15, -0.1) is 0 Å². The summed E-state index contributed by atoms with van der Waals surface area (Å²) in [5, 5.41) is 11.8. The molecule has 0 bridgehead atoms. The van der Waals surface area contributed by atoms with Gasteiger partial charge in [0.2, 0.25) is 0 Å². The predicted octanol–water partition coefficient (Wildman–Crippen LogP) is 1.61. The maximum absolute atomic E-state index is 13.7. The van der Waals surface area contributed by atoms with Crippen LogP contribution >= 0.6 is 0 Å². The molecule has 0 amide bonds. The first-order chi connectivity index (χ1) is 9.99. The molecule has 21 heavy (non-hydrogen) atoms. The average molecular weight is 299 g/mol. The van der Waals surface area contributed by atoms with Gasteiger partial charge in [-0.25, -0.2) is 13.6 Å². The summed E-state index contributed by atoms with van der Waals surface area (Å²) in [5.74, 6) is -4.45. The number of carbonyl (C=O) groups is 2. The van der Waals surface area contributed by atoms with Gasteiger partial charge < -0.3 is 15.2 Å². The lowest BCUT2D eigenvalue weighted by molar-refractivity contribution is 0.0224. The van der Waals surface area contributed by atoms with Gasteiger partial charge in [0.25, 0.3) is 0 Å². The zero-order valence-corrected chi connectivity index (χ0v) is 11.2. The summed E-state index contributed by atoms with van der Waals surface area (Å²) >= 11 is 0. The van der Waals surface area contributed by atoms with Crippen molar-refractivity contribution in [2.45, 2.75) is 18.9 Å². The number of ketones is 1. The molecule has 5 nitrogen and oxygen atoms in total. The van der Waals surface area contributed by atoms with Gasteiger partial charge in [0.1, 0.15) is 11.6 Å². The quantitative estimate of drug-likeness (QED) is 0.808. The first-order valence-corrected chi connectivity index (χ1v) is 6.57. The number of hydrogen-bond donors (Lipinski definition) is 2. The topological polar surface area (TPSA) is 75.6 Å². The fraction of sp³-hybridized carbons (Fsp3) is 0.429. The van der Waals surface area contributed by atoms with Crippen molar-refractivity contribution in [2.24, 2.45) is 0 Å². The van der Waals surface area contributed by atoms with Crippen LogP contribution in [-0.4, -0.2) is 42.7 Å². The summed E-state index contributed by atoms with van der Waals surface area (Å²) in [6.07, 6.45) is 0.130. The molecule has 7 heteroatoms. The minimum Gasteiger partial charge on any atom is -0.478 e. The molecule has 1 aliphatic heterocycles. The van der Waals surface area contributed by atoms with Gasteiger partial charge in [-0.05, 0) is 18.6 Å². The van der Waals surface area contributed by atoms with Crippen LogP contribution < -0.4 is 5.32 Å². The Labute approximate surface area is 119 Å². The fourth-order valence-electron chi connectivity index (χ4n) is 2.19. The van der Waals surface area contributed by atoms with Crippen LogP contribution in [0.25, 0.3) is 0 Å². The number of carboxylic acids is 1. The van der Waals surface area contributed by atoms with Crippen LogP contribution in [0, 0.1) is 11.6 Å². The van der Waals surface area contributed by atoms with Crippen LogP contribution in [0.5, 0.6) is 0 Å². The normalized spacial score (nSPS) is 18.5. The Kier molecular flexibility index (Phi) is 4.98. The van der Waals surface area contributed by atoms with Gasteiger partial charge in [-0.2, -0.15) is 0 Å². The highest BCUT2D eigenvalue weighted by atomic mass is 19.1. The molecule has 2 N–H and O–H groups in total. The van der Waals surface area contributed by atoms with Crippen molar-refractivity contribution in [3.05, 3.63) is 34.9 Å². The minimum absolute atomic E-state index is 0.0629. The number of Topliss-reactive ketones (excluding diaryl/α,β-unsaturated/α-hetero) is 1. The Morgan fingerprint density at radius 3 is 2.52 bits per heavy atom. The molecule has 2 rings (SSSR count). The molecule has 1 atom stereocenters. The molecule has 0 aromatic heterocycles. The monoisotopic (exact) mass is 299 g/mol. The molecule has 0 radical (unpaired) electrons. The summed E-state index contributed by atoms with van der Waals surface area (Å²) in [5.41, 5.74) is -1.22. The number of benzene rings is 1. The van der Waals surface area contributed by atoms with Crippen molar-refractivity contribution in [2.75, 3.05) is 19.7 Å². The van der Waals surface area contributed by atoms with E-state index in [2.05, 4.69) is 5.32 Å². The largest absolute Gasteiger partial charge is 0.478 e. The Balaban J connectivity index is 2.06. The first kappa shape index (κ1) is 15.5. The van der Waals surface area contributed by atoms with Crippen molar-refractivity contribution in [3.63, 3.8) is 0 Å². The first-order valence-electron chi connectivity index (χ1n) is 6.57. The third-order valence-corrected chi connectivity index (χ3v) is 3.27. The second kappa shape index (κ2) is 6.73. The van der Waals surface area contributed by atoms with Crippen LogP contribution in [0.2, 0.25) is 0 Å². The SMILES string of the molecule is O=C(O)c1cc(F)c(C(=O)CCC2CNCCO2)c(F)c1. The Morgan fingerprint density at radius 1 is 1.33 bits per heavy atom. The van der Waals surface area contributed by atoms with Crippen LogP contribution in [0.4, 0.5) is 8.78 Å². The molecular weight excluding hydrogens is 284 g/mol. The molecule has 1 saturated heterocycles. The molecule has 1 aromatic rings. The van der Waals surface area contributed by atoms with Gasteiger partial charge in [-0.1, -0.05) is 0 Å². The summed E-state index contributed by atoms with van der Waals surface area (Å²) in [6, 6.07) is 1.30. The second-order valence-corrected chi connectivity index (χ2v) is 4.78. The number of carbonyl (C=O) groups excluding carboxylic acids is 1. The number of nitrogens with one attached hydrogen (secondary N) is 1. The molecule has 1 fully saturated rings. The van der Waals surface area contributed by atoms with Gasteiger partial charge in [0.15, 0.2) is 5.78 Å². The number of aromatic carboxylic acids is 1. The summed E-state index contributed by atoms with van der Waals surface area (Å²) in [6.45, 7) is 1.87. The van der Waals surface area contributed by atoms with Crippen LogP contribution in [-0.2, 0) is 4.74 Å². The number of morpholine rings is 1. The maximum atomic E-state index is 13.7. The fourth-order valence-corrected chi connectivity index (χ4v) is 2.19. The highest BCUT2D eigenvalue weighted by Gasteiger charge is 2.22. The van der Waals surface area contributed by atoms with Crippen LogP contribution in [0.1, 0.15) is 33.6 Å². The van der Waals surface area contributed by atoms with E-state index in [0.29, 0.717) is 31.7 Å². The number of carboxylic acid groups (broad SMARTS) is 1. The van der Waals surface area contributed by atoms with E-state index in [4.69, 9.17) is 9.84 Å². The second-order valence-electron chi connectivity index (χ2n) is 4.78. The van der Waals surface area contributed by atoms with Crippen molar-refractivity contribution in [1.82, 2.24) is 5.32 Å². The van der Waals surface area contributed by atoms with E-state index in [9.17, 15) is 18.4 Å². The van der Waals surface area contributed by atoms with Gasteiger partial charge >= 0.3 is 5.97 Å². The van der Waals surface area contributed by atoms with Crippen molar-refractivity contribution >= 4 is 11.8 Å². The van der Waals surface area contributed by atoms with E-state index in [1.807, 2.05) is 0 Å². The third kappa shape index (κ3) is 3.83. The zero-order valence-electron chi connectivity index (χ0n) is 11.2. The highest BCUT2D eigenvalue weighted by Crippen LogP contribution is 2.19. The Hall–Kier alpha value is -1.86. The number of rotatable bonds is 5. The summed E-state index contributed by atoms with van der Waals surface area (Å²) < 4.78 is 32.8. The van der Waals surface area contributed by atoms with Crippen molar-refractivity contribution in [3.8, 4) is 0 Å². The molecule has 0 saturated carbocycles. The van der Waals surface area contributed by atoms with E-state index in [1.165, 1.54) is 0 Å². The third-order valence-electron chi connectivity index (χ3n) is 3.27. The van der Waals surface area contributed by atoms with Crippen LogP contribution in [0.3, 0.4) is 0 Å². The van der Waals surface area contributed by atoms with E-state index >= 15 is 0 Å². The smallest absolute Gasteiger partial charge is 0.335 e. The molecule has 1 aromatic carbocycles.